The number of phenolic OH excluding ortho intramolecular Hbond substituents is 1. The van der Waals surface area contributed by atoms with E-state index in [1.165, 1.54) is 12.1 Å². The van der Waals surface area contributed by atoms with E-state index in [0.717, 1.165) is 11.8 Å². The Morgan fingerprint density at radius 1 is 1.19 bits per heavy atom. The van der Waals surface area contributed by atoms with Crippen LogP contribution in [0.5, 0.6) is 5.75 Å². The number of nitro groups is 1. The summed E-state index contributed by atoms with van der Waals surface area (Å²) in [5, 5.41) is 25.4. The Morgan fingerprint density at radius 3 is 2.57 bits per heavy atom. The Labute approximate surface area is 120 Å². The summed E-state index contributed by atoms with van der Waals surface area (Å²) in [6.45, 7) is -0.0257. The van der Waals surface area contributed by atoms with Gasteiger partial charge in [-0.3, -0.25) is 14.9 Å². The van der Waals surface area contributed by atoms with E-state index in [-0.39, 0.29) is 23.7 Å². The average Bonchev–Trinajstić information content (AvgIpc) is 2.48. The summed E-state index contributed by atoms with van der Waals surface area (Å²) >= 11 is 0. The van der Waals surface area contributed by atoms with Gasteiger partial charge in [-0.2, -0.15) is 0 Å². The number of phenols is 1. The summed E-state index contributed by atoms with van der Waals surface area (Å²) in [6, 6.07) is 12.6. The summed E-state index contributed by atoms with van der Waals surface area (Å²) < 4.78 is 0. The lowest BCUT2D eigenvalue weighted by Crippen LogP contribution is -2.22. The van der Waals surface area contributed by atoms with Crippen LogP contribution in [0.2, 0.25) is 0 Å². The smallest absolute Gasteiger partial charge is 0.296 e. The topological polar surface area (TPSA) is 104 Å². The summed E-state index contributed by atoms with van der Waals surface area (Å²) in [5.41, 5.74) is 0.452. The molecule has 0 atom stereocenters. The highest BCUT2D eigenvalue weighted by atomic mass is 16.6. The summed E-state index contributed by atoms with van der Waals surface area (Å²) in [4.78, 5) is 22.0. The fourth-order valence-corrected chi connectivity index (χ4v) is 1.71. The second-order valence-electron chi connectivity index (χ2n) is 4.23. The van der Waals surface area contributed by atoms with Gasteiger partial charge in [-0.15, -0.1) is 0 Å². The first-order valence-corrected chi connectivity index (χ1v) is 6.12. The molecule has 1 amide bonds. The van der Waals surface area contributed by atoms with Crippen LogP contribution in [-0.4, -0.2) is 22.5 Å². The first kappa shape index (κ1) is 14.3. The highest BCUT2D eigenvalue weighted by Gasteiger charge is 2.16. The monoisotopic (exact) mass is 287 g/mol. The lowest BCUT2D eigenvalue weighted by Gasteiger charge is -2.08. The number of para-hydroxylation sites is 1. The lowest BCUT2D eigenvalue weighted by atomic mass is 10.2. The van der Waals surface area contributed by atoms with Crippen molar-refractivity contribution in [1.29, 1.82) is 0 Å². The van der Waals surface area contributed by atoms with Crippen LogP contribution in [-0.2, 0) is 4.79 Å². The average molecular weight is 287 g/mol. The van der Waals surface area contributed by atoms with E-state index in [2.05, 4.69) is 10.6 Å². The largest absolute Gasteiger partial charge is 0.508 e. The van der Waals surface area contributed by atoms with E-state index in [1.54, 1.807) is 12.1 Å². The molecule has 0 aliphatic rings. The van der Waals surface area contributed by atoms with Crippen LogP contribution in [0.15, 0.2) is 48.5 Å². The Hall–Kier alpha value is -3.09. The Balaban J connectivity index is 2.01. The molecule has 3 N–H and O–H groups in total. The molecule has 7 heteroatoms. The second kappa shape index (κ2) is 6.38. The van der Waals surface area contributed by atoms with E-state index < -0.39 is 10.8 Å². The van der Waals surface area contributed by atoms with Crippen molar-refractivity contribution in [2.75, 3.05) is 17.2 Å². The van der Waals surface area contributed by atoms with Gasteiger partial charge in [0, 0.05) is 5.69 Å². The first-order valence-electron chi connectivity index (χ1n) is 6.12. The highest BCUT2D eigenvalue weighted by molar-refractivity contribution is 5.95. The van der Waals surface area contributed by atoms with Gasteiger partial charge in [-0.05, 0) is 24.3 Å². The third-order valence-electron chi connectivity index (χ3n) is 2.68. The molecule has 0 aliphatic heterocycles. The number of nitrogens with one attached hydrogen (secondary N) is 2. The van der Waals surface area contributed by atoms with Gasteiger partial charge in [-0.1, -0.05) is 18.2 Å². The van der Waals surface area contributed by atoms with Crippen molar-refractivity contribution in [2.24, 2.45) is 0 Å². The second-order valence-corrected chi connectivity index (χ2v) is 4.23. The molecule has 0 radical (unpaired) electrons. The zero-order valence-corrected chi connectivity index (χ0v) is 10.9. The maximum atomic E-state index is 11.8. The Bertz CT molecular complexity index is 659. The van der Waals surface area contributed by atoms with Crippen LogP contribution in [0.1, 0.15) is 0 Å². The van der Waals surface area contributed by atoms with Gasteiger partial charge in [0.05, 0.1) is 17.5 Å². The number of rotatable bonds is 5. The van der Waals surface area contributed by atoms with Gasteiger partial charge in [0.1, 0.15) is 11.4 Å². The van der Waals surface area contributed by atoms with E-state index in [1.807, 2.05) is 18.2 Å². The van der Waals surface area contributed by atoms with Gasteiger partial charge in [0.15, 0.2) is 0 Å². The molecule has 0 fully saturated rings. The van der Waals surface area contributed by atoms with E-state index in [9.17, 15) is 20.0 Å². The summed E-state index contributed by atoms with van der Waals surface area (Å²) in [5.74, 6) is -0.658. The molecule has 2 aromatic carbocycles. The number of anilines is 2. The minimum Gasteiger partial charge on any atom is -0.508 e. The van der Waals surface area contributed by atoms with Crippen molar-refractivity contribution in [2.45, 2.75) is 0 Å². The molecule has 0 saturated carbocycles. The molecule has 0 spiro atoms. The third-order valence-corrected chi connectivity index (χ3v) is 2.68. The molecule has 0 saturated heterocycles. The van der Waals surface area contributed by atoms with Crippen molar-refractivity contribution in [3.8, 4) is 5.75 Å². The van der Waals surface area contributed by atoms with E-state index in [0.29, 0.717) is 0 Å². The third kappa shape index (κ3) is 3.93. The summed E-state index contributed by atoms with van der Waals surface area (Å²) in [6.07, 6.45) is 0. The first-order chi connectivity index (χ1) is 10.1. The van der Waals surface area contributed by atoms with Gasteiger partial charge in [0.2, 0.25) is 5.91 Å². The zero-order valence-electron chi connectivity index (χ0n) is 10.9. The predicted molar refractivity (Wildman–Crippen MR) is 78.3 cm³/mol. The number of amides is 1. The molecular weight excluding hydrogens is 274 g/mol. The number of hydrogen-bond acceptors (Lipinski definition) is 5. The van der Waals surface area contributed by atoms with Crippen molar-refractivity contribution in [3.05, 3.63) is 58.6 Å². The SMILES string of the molecule is O=C(CNc1ccccc1)Nc1ccc(O)cc1[N+](=O)[O-]. The van der Waals surface area contributed by atoms with Crippen LogP contribution in [0.4, 0.5) is 17.1 Å². The molecule has 21 heavy (non-hydrogen) atoms. The lowest BCUT2D eigenvalue weighted by molar-refractivity contribution is -0.384. The van der Waals surface area contributed by atoms with Crippen molar-refractivity contribution >= 4 is 23.0 Å². The van der Waals surface area contributed by atoms with Crippen LogP contribution < -0.4 is 10.6 Å². The predicted octanol–water partition coefficient (Wildman–Crippen LogP) is 2.35. The highest BCUT2D eigenvalue weighted by Crippen LogP contribution is 2.28. The van der Waals surface area contributed by atoms with Gasteiger partial charge < -0.3 is 15.7 Å². The van der Waals surface area contributed by atoms with Gasteiger partial charge in [-0.25, -0.2) is 0 Å². The van der Waals surface area contributed by atoms with Crippen molar-refractivity contribution in [3.63, 3.8) is 0 Å². The number of nitro benzene ring substituents is 1. The Morgan fingerprint density at radius 2 is 1.90 bits per heavy atom. The van der Waals surface area contributed by atoms with Crippen LogP contribution >= 0.6 is 0 Å². The molecule has 0 heterocycles. The number of aromatic hydroxyl groups is 1. The minimum absolute atomic E-state index is 0.0257. The van der Waals surface area contributed by atoms with E-state index >= 15 is 0 Å². The number of carbonyl (C=O) groups excluding carboxylic acids is 1. The quantitative estimate of drug-likeness (QED) is 0.445. The standard InChI is InChI=1S/C14H13N3O4/c18-11-6-7-12(13(8-11)17(20)21)16-14(19)9-15-10-4-2-1-3-5-10/h1-8,15,18H,9H2,(H,16,19). The van der Waals surface area contributed by atoms with Crippen LogP contribution in [0.3, 0.4) is 0 Å². The number of carbonyl (C=O) groups is 1. The molecule has 0 bridgehead atoms. The van der Waals surface area contributed by atoms with Gasteiger partial charge in [0.25, 0.3) is 5.69 Å². The zero-order chi connectivity index (χ0) is 15.2. The molecule has 2 rings (SSSR count). The number of nitrogens with zero attached hydrogens (tertiary/aromatic N) is 1. The van der Waals surface area contributed by atoms with Gasteiger partial charge >= 0.3 is 0 Å². The molecular formula is C14H13N3O4. The molecule has 0 aromatic heterocycles. The molecule has 0 aliphatic carbocycles. The molecule has 0 unspecified atom stereocenters. The fraction of sp³-hybridized carbons (Fsp3) is 0.0714. The maximum absolute atomic E-state index is 11.8. The van der Waals surface area contributed by atoms with Crippen molar-refractivity contribution in [1.82, 2.24) is 0 Å². The minimum atomic E-state index is -0.667. The molecule has 2 aromatic rings. The fourth-order valence-electron chi connectivity index (χ4n) is 1.71. The van der Waals surface area contributed by atoms with Crippen molar-refractivity contribution < 1.29 is 14.8 Å². The van der Waals surface area contributed by atoms with Crippen LogP contribution in [0, 0.1) is 10.1 Å². The number of benzene rings is 2. The molecule has 108 valence electrons. The molecule has 7 nitrogen and oxygen atoms in total. The maximum Gasteiger partial charge on any atom is 0.296 e. The van der Waals surface area contributed by atoms with Crippen LogP contribution in [0.25, 0.3) is 0 Å². The van der Waals surface area contributed by atoms with E-state index in [4.69, 9.17) is 0 Å². The Kier molecular flexibility index (Phi) is 4.35. The summed E-state index contributed by atoms with van der Waals surface area (Å²) in [7, 11) is 0. The number of hydrogen-bond donors (Lipinski definition) is 3. The normalized spacial score (nSPS) is 9.90.